The standard InChI is InChI=1S/C19H22ClNO2S/c1-14-5-3-4-6-16(14)12-24-13-19(22)21-9-10-23-17-8-7-15(2)18(20)11-17/h3-8,11H,9-10,12-13H2,1-2H3,(H,21,22). The zero-order valence-corrected chi connectivity index (χ0v) is 15.5. The highest BCUT2D eigenvalue weighted by Gasteiger charge is 2.04. The topological polar surface area (TPSA) is 38.3 Å². The van der Waals surface area contributed by atoms with E-state index in [1.165, 1.54) is 11.1 Å². The average molecular weight is 364 g/mol. The number of ether oxygens (including phenoxy) is 1. The van der Waals surface area contributed by atoms with E-state index in [0.717, 1.165) is 11.3 Å². The van der Waals surface area contributed by atoms with Crippen LogP contribution in [-0.2, 0) is 10.5 Å². The van der Waals surface area contributed by atoms with Crippen LogP contribution in [0.2, 0.25) is 5.02 Å². The molecule has 1 N–H and O–H groups in total. The van der Waals surface area contributed by atoms with E-state index in [1.807, 2.05) is 31.2 Å². The maximum Gasteiger partial charge on any atom is 0.230 e. The minimum atomic E-state index is 0.0270. The maximum absolute atomic E-state index is 11.8. The molecular formula is C19H22ClNO2S. The molecule has 0 radical (unpaired) electrons. The van der Waals surface area contributed by atoms with Gasteiger partial charge in [-0.3, -0.25) is 4.79 Å². The van der Waals surface area contributed by atoms with Gasteiger partial charge in [0.2, 0.25) is 5.91 Å². The minimum absolute atomic E-state index is 0.0270. The highest BCUT2D eigenvalue weighted by Crippen LogP contribution is 2.21. The van der Waals surface area contributed by atoms with Crippen molar-refractivity contribution in [3.63, 3.8) is 0 Å². The lowest BCUT2D eigenvalue weighted by Gasteiger charge is -2.09. The first-order chi connectivity index (χ1) is 11.6. The van der Waals surface area contributed by atoms with Crippen LogP contribution < -0.4 is 10.1 Å². The largest absolute Gasteiger partial charge is 0.492 e. The minimum Gasteiger partial charge on any atom is -0.492 e. The van der Waals surface area contributed by atoms with Crippen molar-refractivity contribution in [1.29, 1.82) is 0 Å². The number of nitrogens with one attached hydrogen (secondary N) is 1. The molecule has 2 rings (SSSR count). The fraction of sp³-hybridized carbons (Fsp3) is 0.316. The van der Waals surface area contributed by atoms with Gasteiger partial charge in [-0.25, -0.2) is 0 Å². The number of carbonyl (C=O) groups is 1. The summed E-state index contributed by atoms with van der Waals surface area (Å²) in [5.41, 5.74) is 3.55. The van der Waals surface area contributed by atoms with Gasteiger partial charge in [-0.2, -0.15) is 0 Å². The highest BCUT2D eigenvalue weighted by atomic mass is 35.5. The predicted molar refractivity (Wildman–Crippen MR) is 102 cm³/mol. The van der Waals surface area contributed by atoms with Crippen molar-refractivity contribution in [3.05, 3.63) is 64.2 Å². The molecular weight excluding hydrogens is 342 g/mol. The monoisotopic (exact) mass is 363 g/mol. The summed E-state index contributed by atoms with van der Waals surface area (Å²) in [6.07, 6.45) is 0. The quantitative estimate of drug-likeness (QED) is 0.707. The first-order valence-electron chi connectivity index (χ1n) is 7.84. The van der Waals surface area contributed by atoms with E-state index in [-0.39, 0.29) is 5.91 Å². The summed E-state index contributed by atoms with van der Waals surface area (Å²) in [5, 5.41) is 3.55. The number of carbonyl (C=O) groups excluding carboxylic acids is 1. The van der Waals surface area contributed by atoms with Crippen LogP contribution >= 0.6 is 23.4 Å². The lowest BCUT2D eigenvalue weighted by Crippen LogP contribution is -2.29. The van der Waals surface area contributed by atoms with Gasteiger partial charge in [-0.1, -0.05) is 41.9 Å². The van der Waals surface area contributed by atoms with Gasteiger partial charge in [0.05, 0.1) is 12.3 Å². The van der Waals surface area contributed by atoms with Crippen molar-refractivity contribution < 1.29 is 9.53 Å². The van der Waals surface area contributed by atoms with Crippen molar-refractivity contribution in [2.24, 2.45) is 0 Å². The van der Waals surface area contributed by atoms with Gasteiger partial charge in [0.15, 0.2) is 0 Å². The van der Waals surface area contributed by atoms with Crippen LogP contribution in [0.15, 0.2) is 42.5 Å². The molecule has 0 fully saturated rings. The zero-order valence-electron chi connectivity index (χ0n) is 14.0. The number of hydrogen-bond donors (Lipinski definition) is 1. The summed E-state index contributed by atoms with van der Waals surface area (Å²) in [4.78, 5) is 11.8. The second-order valence-electron chi connectivity index (χ2n) is 5.53. The van der Waals surface area contributed by atoms with Gasteiger partial charge < -0.3 is 10.1 Å². The Balaban J connectivity index is 1.61. The van der Waals surface area contributed by atoms with Gasteiger partial charge in [0.1, 0.15) is 12.4 Å². The van der Waals surface area contributed by atoms with Crippen molar-refractivity contribution >= 4 is 29.3 Å². The molecule has 0 saturated heterocycles. The molecule has 2 aromatic carbocycles. The number of halogens is 1. The molecule has 0 saturated carbocycles. The van der Waals surface area contributed by atoms with Crippen LogP contribution in [0.3, 0.4) is 0 Å². The molecule has 3 nitrogen and oxygen atoms in total. The van der Waals surface area contributed by atoms with Crippen molar-refractivity contribution in [1.82, 2.24) is 5.32 Å². The third-order valence-electron chi connectivity index (χ3n) is 3.59. The lowest BCUT2D eigenvalue weighted by molar-refractivity contribution is -0.118. The van der Waals surface area contributed by atoms with Gasteiger partial charge in [0, 0.05) is 10.8 Å². The molecule has 0 aliphatic heterocycles. The van der Waals surface area contributed by atoms with Gasteiger partial charge in [-0.05, 0) is 42.7 Å². The summed E-state index contributed by atoms with van der Waals surface area (Å²) < 4.78 is 5.58. The Morgan fingerprint density at radius 2 is 1.96 bits per heavy atom. The molecule has 0 atom stereocenters. The van der Waals surface area contributed by atoms with Crippen LogP contribution in [0, 0.1) is 13.8 Å². The molecule has 5 heteroatoms. The number of rotatable bonds is 8. The normalized spacial score (nSPS) is 10.5. The van der Waals surface area contributed by atoms with E-state index in [1.54, 1.807) is 17.8 Å². The van der Waals surface area contributed by atoms with E-state index in [4.69, 9.17) is 16.3 Å². The van der Waals surface area contributed by atoms with E-state index in [2.05, 4.69) is 24.4 Å². The Bertz CT molecular complexity index is 691. The fourth-order valence-corrected chi connectivity index (χ4v) is 3.20. The Morgan fingerprint density at radius 1 is 1.17 bits per heavy atom. The van der Waals surface area contributed by atoms with Crippen LogP contribution in [0.4, 0.5) is 0 Å². The van der Waals surface area contributed by atoms with Crippen LogP contribution in [0.5, 0.6) is 5.75 Å². The van der Waals surface area contributed by atoms with Crippen LogP contribution in [-0.4, -0.2) is 24.8 Å². The predicted octanol–water partition coefficient (Wildman–Crippen LogP) is 4.39. The zero-order chi connectivity index (χ0) is 17.4. The molecule has 0 aliphatic rings. The molecule has 0 spiro atoms. The van der Waals surface area contributed by atoms with Crippen molar-refractivity contribution in [3.8, 4) is 5.75 Å². The Labute approximate surface area is 152 Å². The first-order valence-corrected chi connectivity index (χ1v) is 9.37. The third kappa shape index (κ3) is 6.10. The number of thioether (sulfide) groups is 1. The van der Waals surface area contributed by atoms with E-state index in [0.29, 0.717) is 29.7 Å². The van der Waals surface area contributed by atoms with Gasteiger partial charge in [0.25, 0.3) is 0 Å². The molecule has 0 bridgehead atoms. The second kappa shape index (κ2) is 9.60. The lowest BCUT2D eigenvalue weighted by atomic mass is 10.1. The molecule has 0 aromatic heterocycles. The summed E-state index contributed by atoms with van der Waals surface area (Å²) in [6.45, 7) is 4.94. The number of hydrogen-bond acceptors (Lipinski definition) is 3. The molecule has 0 aliphatic carbocycles. The Hall–Kier alpha value is -1.65. The highest BCUT2D eigenvalue weighted by molar-refractivity contribution is 7.99. The summed E-state index contributed by atoms with van der Waals surface area (Å²) >= 11 is 7.66. The van der Waals surface area contributed by atoms with Crippen LogP contribution in [0.25, 0.3) is 0 Å². The Morgan fingerprint density at radius 3 is 2.71 bits per heavy atom. The van der Waals surface area contributed by atoms with E-state index in [9.17, 15) is 4.79 Å². The molecule has 1 amide bonds. The Kier molecular flexibility index (Phi) is 7.47. The second-order valence-corrected chi connectivity index (χ2v) is 6.92. The van der Waals surface area contributed by atoms with Crippen LogP contribution in [0.1, 0.15) is 16.7 Å². The molecule has 2 aromatic rings. The van der Waals surface area contributed by atoms with Gasteiger partial charge in [-0.15, -0.1) is 11.8 Å². The molecule has 24 heavy (non-hydrogen) atoms. The smallest absolute Gasteiger partial charge is 0.230 e. The summed E-state index contributed by atoms with van der Waals surface area (Å²) in [6, 6.07) is 13.8. The van der Waals surface area contributed by atoms with Crippen molar-refractivity contribution in [2.75, 3.05) is 18.9 Å². The van der Waals surface area contributed by atoms with E-state index >= 15 is 0 Å². The summed E-state index contributed by atoms with van der Waals surface area (Å²) in [5.74, 6) is 2.04. The number of aryl methyl sites for hydroxylation is 2. The SMILES string of the molecule is Cc1ccc(OCCNC(=O)CSCc2ccccc2C)cc1Cl. The van der Waals surface area contributed by atoms with Crippen molar-refractivity contribution in [2.45, 2.75) is 19.6 Å². The fourth-order valence-electron chi connectivity index (χ4n) is 2.10. The average Bonchev–Trinajstić information content (AvgIpc) is 2.56. The number of benzene rings is 2. The molecule has 0 heterocycles. The van der Waals surface area contributed by atoms with Gasteiger partial charge >= 0.3 is 0 Å². The molecule has 128 valence electrons. The first kappa shape index (κ1) is 18.7. The maximum atomic E-state index is 11.8. The van der Waals surface area contributed by atoms with E-state index < -0.39 is 0 Å². The summed E-state index contributed by atoms with van der Waals surface area (Å²) in [7, 11) is 0. The third-order valence-corrected chi connectivity index (χ3v) is 4.98. The molecule has 0 unspecified atom stereocenters. The number of amides is 1.